The Kier molecular flexibility index (Phi) is 2.44. The molecule has 0 saturated heterocycles. The zero-order chi connectivity index (χ0) is 11.1. The van der Waals surface area contributed by atoms with Gasteiger partial charge in [-0.2, -0.15) is 0 Å². The Morgan fingerprint density at radius 2 is 2.31 bits per heavy atom. The first-order chi connectivity index (χ1) is 7.75. The highest BCUT2D eigenvalue weighted by atomic mass is 32.1. The van der Waals surface area contributed by atoms with Gasteiger partial charge in [0.2, 0.25) is 5.91 Å². The first kappa shape index (κ1) is 10.2. The van der Waals surface area contributed by atoms with Crippen LogP contribution in [0.2, 0.25) is 0 Å². The lowest BCUT2D eigenvalue weighted by Gasteiger charge is -2.26. The van der Waals surface area contributed by atoms with Crippen LogP contribution in [0.5, 0.6) is 0 Å². The third-order valence-corrected chi connectivity index (χ3v) is 4.63. The minimum Gasteiger partial charge on any atom is -0.327 e. The van der Waals surface area contributed by atoms with E-state index in [4.69, 9.17) is 5.73 Å². The van der Waals surface area contributed by atoms with E-state index in [2.05, 4.69) is 10.3 Å². The van der Waals surface area contributed by atoms with Gasteiger partial charge in [-0.05, 0) is 31.1 Å². The first-order valence-corrected chi connectivity index (χ1v) is 6.59. The van der Waals surface area contributed by atoms with E-state index in [-0.39, 0.29) is 17.9 Å². The van der Waals surface area contributed by atoms with Crippen LogP contribution in [0.25, 0.3) is 0 Å². The molecule has 0 radical (unpaired) electrons. The number of anilines is 1. The van der Waals surface area contributed by atoms with E-state index >= 15 is 0 Å². The number of aromatic nitrogens is 1. The first-order valence-electron chi connectivity index (χ1n) is 5.71. The van der Waals surface area contributed by atoms with Crippen LogP contribution in [0, 0.1) is 17.8 Å². The molecule has 2 saturated carbocycles. The number of nitrogens with zero attached hydrogens (tertiary/aromatic N) is 1. The van der Waals surface area contributed by atoms with Crippen molar-refractivity contribution in [3.05, 3.63) is 11.6 Å². The average molecular weight is 237 g/mol. The van der Waals surface area contributed by atoms with E-state index in [1.54, 1.807) is 6.20 Å². The normalized spacial score (nSPS) is 36.6. The number of nitrogens with one attached hydrogen (secondary N) is 1. The second kappa shape index (κ2) is 3.82. The van der Waals surface area contributed by atoms with Crippen molar-refractivity contribution in [2.45, 2.75) is 25.3 Å². The van der Waals surface area contributed by atoms with E-state index in [1.165, 1.54) is 17.8 Å². The molecule has 0 aromatic carbocycles. The van der Waals surface area contributed by atoms with E-state index in [0.29, 0.717) is 17.0 Å². The quantitative estimate of drug-likeness (QED) is 0.818. The Labute approximate surface area is 98.3 Å². The third kappa shape index (κ3) is 1.55. The minimum absolute atomic E-state index is 0.00245. The lowest BCUT2D eigenvalue weighted by atomic mass is 9.84. The summed E-state index contributed by atoms with van der Waals surface area (Å²) < 4.78 is 0. The van der Waals surface area contributed by atoms with E-state index in [9.17, 15) is 4.79 Å². The van der Waals surface area contributed by atoms with Gasteiger partial charge in [0.05, 0.1) is 5.92 Å². The van der Waals surface area contributed by atoms with E-state index in [1.807, 2.05) is 5.38 Å². The summed E-state index contributed by atoms with van der Waals surface area (Å²) in [6.07, 6.45) is 5.19. The van der Waals surface area contributed by atoms with Crippen LogP contribution in [0.4, 0.5) is 5.13 Å². The summed E-state index contributed by atoms with van der Waals surface area (Å²) in [5, 5.41) is 5.41. The van der Waals surface area contributed by atoms with Crippen molar-refractivity contribution in [1.82, 2.24) is 4.98 Å². The topological polar surface area (TPSA) is 68.0 Å². The highest BCUT2D eigenvalue weighted by molar-refractivity contribution is 7.13. The Hall–Kier alpha value is -0.940. The molecule has 2 aliphatic rings. The molecule has 3 N–H and O–H groups in total. The molecule has 2 bridgehead atoms. The molecule has 2 aliphatic carbocycles. The lowest BCUT2D eigenvalue weighted by Crippen LogP contribution is -2.42. The fraction of sp³-hybridized carbons (Fsp3) is 0.636. The summed E-state index contributed by atoms with van der Waals surface area (Å²) in [4.78, 5) is 16.1. The van der Waals surface area contributed by atoms with Crippen LogP contribution < -0.4 is 11.1 Å². The predicted molar refractivity (Wildman–Crippen MR) is 63.0 cm³/mol. The number of nitrogens with two attached hydrogens (primary N) is 1. The summed E-state index contributed by atoms with van der Waals surface area (Å²) in [5.74, 6) is 1.13. The van der Waals surface area contributed by atoms with Crippen LogP contribution in [-0.4, -0.2) is 16.9 Å². The number of thiazole rings is 1. The third-order valence-electron chi connectivity index (χ3n) is 3.95. The van der Waals surface area contributed by atoms with E-state index < -0.39 is 0 Å². The molecule has 3 rings (SSSR count). The Morgan fingerprint density at radius 3 is 2.94 bits per heavy atom. The number of hydrogen-bond acceptors (Lipinski definition) is 4. The van der Waals surface area contributed by atoms with Gasteiger partial charge in [0, 0.05) is 17.6 Å². The largest absolute Gasteiger partial charge is 0.327 e. The minimum atomic E-state index is 0.00245. The molecule has 16 heavy (non-hydrogen) atoms. The zero-order valence-electron chi connectivity index (χ0n) is 8.93. The number of carbonyl (C=O) groups is 1. The molecule has 1 aromatic heterocycles. The van der Waals surface area contributed by atoms with Crippen molar-refractivity contribution in [2.75, 3.05) is 5.32 Å². The zero-order valence-corrected chi connectivity index (χ0v) is 9.74. The van der Waals surface area contributed by atoms with Crippen LogP contribution in [0.1, 0.15) is 19.3 Å². The maximum atomic E-state index is 12.1. The lowest BCUT2D eigenvalue weighted by molar-refractivity contribution is -0.121. The van der Waals surface area contributed by atoms with Crippen molar-refractivity contribution in [3.8, 4) is 0 Å². The molecule has 2 fully saturated rings. The smallest absolute Gasteiger partial charge is 0.231 e. The Balaban J connectivity index is 1.71. The second-order valence-electron chi connectivity index (χ2n) is 4.76. The number of amides is 1. The van der Waals surface area contributed by atoms with Crippen LogP contribution in [0.3, 0.4) is 0 Å². The van der Waals surface area contributed by atoms with Gasteiger partial charge in [0.1, 0.15) is 0 Å². The summed E-state index contributed by atoms with van der Waals surface area (Å²) in [6, 6.07) is 0.0544. The van der Waals surface area contributed by atoms with Crippen molar-refractivity contribution in [1.29, 1.82) is 0 Å². The molecule has 1 heterocycles. The highest BCUT2D eigenvalue weighted by Gasteiger charge is 2.49. The molecule has 0 spiro atoms. The summed E-state index contributed by atoms with van der Waals surface area (Å²) >= 11 is 1.45. The van der Waals surface area contributed by atoms with Gasteiger partial charge in [-0.15, -0.1) is 11.3 Å². The molecule has 1 amide bonds. The number of fused-ring (bicyclic) bond motifs is 2. The fourth-order valence-corrected chi connectivity index (χ4v) is 3.73. The van der Waals surface area contributed by atoms with Crippen LogP contribution in [-0.2, 0) is 4.79 Å². The van der Waals surface area contributed by atoms with Gasteiger partial charge >= 0.3 is 0 Å². The maximum Gasteiger partial charge on any atom is 0.231 e. The average Bonchev–Trinajstić information content (AvgIpc) is 2.92. The highest BCUT2D eigenvalue weighted by Crippen LogP contribution is 2.47. The molecule has 5 heteroatoms. The molecule has 4 unspecified atom stereocenters. The molecule has 0 aliphatic heterocycles. The number of hydrogen-bond donors (Lipinski definition) is 2. The summed E-state index contributed by atoms with van der Waals surface area (Å²) in [6.45, 7) is 0. The van der Waals surface area contributed by atoms with Crippen molar-refractivity contribution < 1.29 is 4.79 Å². The fourth-order valence-electron chi connectivity index (χ4n) is 3.20. The second-order valence-corrected chi connectivity index (χ2v) is 5.66. The van der Waals surface area contributed by atoms with Crippen molar-refractivity contribution in [3.63, 3.8) is 0 Å². The maximum absolute atomic E-state index is 12.1. The molecule has 4 nitrogen and oxygen atoms in total. The van der Waals surface area contributed by atoms with Gasteiger partial charge in [-0.25, -0.2) is 4.98 Å². The SMILES string of the molecule is NC1C2CCC(C2)C1C(=O)Nc1nccs1. The number of rotatable bonds is 2. The molecule has 4 atom stereocenters. The molecular formula is C11H15N3OS. The van der Waals surface area contributed by atoms with Gasteiger partial charge in [0.15, 0.2) is 5.13 Å². The van der Waals surface area contributed by atoms with Crippen molar-refractivity contribution >= 4 is 22.4 Å². The summed E-state index contributed by atoms with van der Waals surface area (Å²) in [7, 11) is 0. The van der Waals surface area contributed by atoms with Gasteiger partial charge in [-0.1, -0.05) is 0 Å². The monoisotopic (exact) mass is 237 g/mol. The van der Waals surface area contributed by atoms with Gasteiger partial charge < -0.3 is 11.1 Å². The van der Waals surface area contributed by atoms with Gasteiger partial charge in [0.25, 0.3) is 0 Å². The van der Waals surface area contributed by atoms with E-state index in [0.717, 1.165) is 12.8 Å². The standard InChI is InChI=1S/C11H15N3OS/c12-9-7-2-1-6(5-7)8(9)10(15)14-11-13-3-4-16-11/h3-4,6-9H,1-2,5,12H2,(H,13,14,15). The van der Waals surface area contributed by atoms with Crippen molar-refractivity contribution in [2.24, 2.45) is 23.5 Å². The van der Waals surface area contributed by atoms with Crippen LogP contribution >= 0.6 is 11.3 Å². The molecule has 1 aromatic rings. The molecular weight excluding hydrogens is 222 g/mol. The predicted octanol–water partition coefficient (Wildman–Crippen LogP) is 1.45. The van der Waals surface area contributed by atoms with Crippen LogP contribution in [0.15, 0.2) is 11.6 Å². The van der Waals surface area contributed by atoms with Gasteiger partial charge in [-0.3, -0.25) is 4.79 Å². The molecule has 86 valence electrons. The number of carbonyl (C=O) groups excluding carboxylic acids is 1. The summed E-state index contributed by atoms with van der Waals surface area (Å²) in [5.41, 5.74) is 6.12. The Bertz CT molecular complexity index is 390. The Morgan fingerprint density at radius 1 is 1.50 bits per heavy atom.